The average molecular weight is 310 g/mol. The van der Waals surface area contributed by atoms with Crippen LogP contribution in [0.5, 0.6) is 0 Å². The zero-order valence-corrected chi connectivity index (χ0v) is 11.9. The maximum Gasteiger partial charge on any atom is 0.212 e. The highest BCUT2D eigenvalue weighted by Crippen LogP contribution is 2.36. The maximum absolute atomic E-state index is 13.3. The summed E-state index contributed by atoms with van der Waals surface area (Å²) in [6, 6.07) is 7.36. The van der Waals surface area contributed by atoms with Crippen LogP contribution in [0.1, 0.15) is 18.0 Å². The topological polar surface area (TPSA) is 42.1 Å². The number of pyridine rings is 1. The van der Waals surface area contributed by atoms with Gasteiger partial charge >= 0.3 is 0 Å². The number of nitrogens with two attached hydrogens (primary N) is 1. The normalized spacial score (nSPS) is 21.8. The molecule has 0 aliphatic carbocycles. The lowest BCUT2D eigenvalue weighted by Crippen LogP contribution is -2.31. The third-order valence-corrected chi connectivity index (χ3v) is 4.06. The molecule has 0 radical (unpaired) electrons. The van der Waals surface area contributed by atoms with E-state index in [0.29, 0.717) is 0 Å². The predicted octanol–water partition coefficient (Wildman–Crippen LogP) is 3.29. The van der Waals surface area contributed by atoms with Crippen molar-refractivity contribution in [1.82, 2.24) is 4.98 Å². The summed E-state index contributed by atoms with van der Waals surface area (Å²) in [6.45, 7) is 0.730. The SMILES string of the molecule is NC1CCN(c2ccc(F)nc2)[C@H]1c1ccc(F)c(Cl)c1. The summed E-state index contributed by atoms with van der Waals surface area (Å²) in [6.07, 6.45) is 2.27. The van der Waals surface area contributed by atoms with Crippen molar-refractivity contribution in [3.05, 3.63) is 58.9 Å². The molecule has 110 valence electrons. The van der Waals surface area contributed by atoms with Gasteiger partial charge in [0, 0.05) is 12.6 Å². The molecule has 1 aliphatic heterocycles. The fourth-order valence-corrected chi connectivity index (χ4v) is 2.96. The number of hydrogen-bond acceptors (Lipinski definition) is 3. The Bertz CT molecular complexity index is 648. The van der Waals surface area contributed by atoms with Crippen molar-refractivity contribution in [3.63, 3.8) is 0 Å². The Morgan fingerprint density at radius 1 is 1.24 bits per heavy atom. The Labute approximate surface area is 126 Å². The summed E-state index contributed by atoms with van der Waals surface area (Å²) in [7, 11) is 0. The number of halogens is 3. The fourth-order valence-electron chi connectivity index (χ4n) is 2.77. The van der Waals surface area contributed by atoms with E-state index in [1.807, 2.05) is 4.90 Å². The number of aromatic nitrogens is 1. The molecule has 2 atom stereocenters. The van der Waals surface area contributed by atoms with Gasteiger partial charge < -0.3 is 10.6 Å². The zero-order chi connectivity index (χ0) is 15.0. The Kier molecular flexibility index (Phi) is 3.78. The van der Waals surface area contributed by atoms with Crippen molar-refractivity contribution in [1.29, 1.82) is 0 Å². The summed E-state index contributed by atoms with van der Waals surface area (Å²) < 4.78 is 26.3. The van der Waals surface area contributed by atoms with E-state index >= 15 is 0 Å². The van der Waals surface area contributed by atoms with Crippen LogP contribution in [0.3, 0.4) is 0 Å². The fraction of sp³-hybridized carbons (Fsp3) is 0.267. The smallest absolute Gasteiger partial charge is 0.212 e. The Balaban J connectivity index is 1.97. The molecule has 0 amide bonds. The van der Waals surface area contributed by atoms with Crippen LogP contribution >= 0.6 is 11.6 Å². The lowest BCUT2D eigenvalue weighted by Gasteiger charge is -2.29. The second-order valence-electron chi connectivity index (χ2n) is 5.10. The second-order valence-corrected chi connectivity index (χ2v) is 5.51. The molecule has 2 heterocycles. The van der Waals surface area contributed by atoms with E-state index in [4.69, 9.17) is 17.3 Å². The molecule has 1 aliphatic rings. The summed E-state index contributed by atoms with van der Waals surface area (Å²) in [5, 5.41) is 0.0729. The predicted molar refractivity (Wildman–Crippen MR) is 78.3 cm³/mol. The highest BCUT2D eigenvalue weighted by atomic mass is 35.5. The Hall–Kier alpha value is -1.72. The molecular formula is C15H14ClF2N3. The van der Waals surface area contributed by atoms with Gasteiger partial charge in [-0.05, 0) is 36.2 Å². The molecule has 0 spiro atoms. The van der Waals surface area contributed by atoms with Crippen LogP contribution in [0.25, 0.3) is 0 Å². The van der Waals surface area contributed by atoms with E-state index < -0.39 is 11.8 Å². The summed E-state index contributed by atoms with van der Waals surface area (Å²) >= 11 is 5.86. The molecule has 21 heavy (non-hydrogen) atoms. The molecule has 6 heteroatoms. The third kappa shape index (κ3) is 2.71. The van der Waals surface area contributed by atoms with Gasteiger partial charge in [-0.3, -0.25) is 0 Å². The van der Waals surface area contributed by atoms with E-state index in [9.17, 15) is 8.78 Å². The van der Waals surface area contributed by atoms with Crippen molar-refractivity contribution in [2.75, 3.05) is 11.4 Å². The van der Waals surface area contributed by atoms with E-state index in [1.165, 1.54) is 18.3 Å². The lowest BCUT2D eigenvalue weighted by atomic mass is 10.0. The molecular weight excluding hydrogens is 296 g/mol. The van der Waals surface area contributed by atoms with Crippen LogP contribution in [0.2, 0.25) is 5.02 Å². The average Bonchev–Trinajstić information content (AvgIpc) is 2.85. The summed E-state index contributed by atoms with van der Waals surface area (Å²) in [4.78, 5) is 5.72. The van der Waals surface area contributed by atoms with Crippen LogP contribution in [0.4, 0.5) is 14.5 Å². The van der Waals surface area contributed by atoms with Gasteiger partial charge in [0.1, 0.15) is 5.82 Å². The maximum atomic E-state index is 13.3. The van der Waals surface area contributed by atoms with Crippen LogP contribution in [0.15, 0.2) is 36.5 Å². The molecule has 2 aromatic rings. The van der Waals surface area contributed by atoms with Crippen LogP contribution in [0, 0.1) is 11.8 Å². The van der Waals surface area contributed by atoms with Gasteiger partial charge in [-0.25, -0.2) is 9.37 Å². The van der Waals surface area contributed by atoms with Crippen molar-refractivity contribution < 1.29 is 8.78 Å². The molecule has 1 aromatic carbocycles. The van der Waals surface area contributed by atoms with Crippen molar-refractivity contribution >= 4 is 17.3 Å². The van der Waals surface area contributed by atoms with Crippen molar-refractivity contribution in [3.8, 4) is 0 Å². The van der Waals surface area contributed by atoms with Gasteiger partial charge in [-0.15, -0.1) is 0 Å². The number of benzene rings is 1. The number of anilines is 1. The first kappa shape index (κ1) is 14.2. The van der Waals surface area contributed by atoms with Crippen molar-refractivity contribution in [2.24, 2.45) is 5.73 Å². The van der Waals surface area contributed by atoms with Gasteiger partial charge in [0.2, 0.25) is 5.95 Å². The van der Waals surface area contributed by atoms with Gasteiger partial charge in [0.05, 0.1) is 22.9 Å². The van der Waals surface area contributed by atoms with E-state index in [0.717, 1.165) is 24.2 Å². The molecule has 0 bridgehead atoms. The number of rotatable bonds is 2. The first-order valence-electron chi connectivity index (χ1n) is 6.65. The largest absolute Gasteiger partial charge is 0.362 e. The molecule has 3 rings (SSSR count). The first-order valence-corrected chi connectivity index (χ1v) is 7.03. The minimum absolute atomic E-state index is 0.0729. The molecule has 3 nitrogen and oxygen atoms in total. The third-order valence-electron chi connectivity index (χ3n) is 3.77. The minimum atomic E-state index is -0.524. The quantitative estimate of drug-likeness (QED) is 0.866. The number of nitrogens with zero attached hydrogens (tertiary/aromatic N) is 2. The highest BCUT2D eigenvalue weighted by Gasteiger charge is 2.33. The van der Waals surface area contributed by atoms with Crippen molar-refractivity contribution in [2.45, 2.75) is 18.5 Å². The van der Waals surface area contributed by atoms with Gasteiger partial charge in [0.15, 0.2) is 0 Å². The van der Waals surface area contributed by atoms with E-state index in [-0.39, 0.29) is 17.1 Å². The minimum Gasteiger partial charge on any atom is -0.362 e. The molecule has 1 aromatic heterocycles. The molecule has 1 unspecified atom stereocenters. The molecule has 2 N–H and O–H groups in total. The highest BCUT2D eigenvalue weighted by molar-refractivity contribution is 6.30. The standard InChI is InChI=1S/C15H14ClF2N3/c16-11-7-9(1-3-12(11)17)15-13(19)5-6-21(15)10-2-4-14(18)20-8-10/h1-4,7-8,13,15H,5-6,19H2/t13?,15-/m0/s1. The van der Waals surface area contributed by atoms with E-state index in [2.05, 4.69) is 4.98 Å². The molecule has 1 saturated heterocycles. The summed E-state index contributed by atoms with van der Waals surface area (Å²) in [5.41, 5.74) is 7.81. The second kappa shape index (κ2) is 5.58. The first-order chi connectivity index (χ1) is 10.1. The van der Waals surface area contributed by atoms with Gasteiger partial charge in [0.25, 0.3) is 0 Å². The Morgan fingerprint density at radius 3 is 2.71 bits per heavy atom. The molecule has 0 saturated carbocycles. The van der Waals surface area contributed by atoms with Crippen LogP contribution in [-0.4, -0.2) is 17.6 Å². The Morgan fingerprint density at radius 2 is 2.05 bits per heavy atom. The molecule has 1 fully saturated rings. The van der Waals surface area contributed by atoms with Crippen LogP contribution in [-0.2, 0) is 0 Å². The zero-order valence-electron chi connectivity index (χ0n) is 11.1. The van der Waals surface area contributed by atoms with Gasteiger partial charge in [-0.1, -0.05) is 17.7 Å². The van der Waals surface area contributed by atoms with E-state index in [1.54, 1.807) is 18.2 Å². The lowest BCUT2D eigenvalue weighted by molar-refractivity contribution is 0.580. The number of hydrogen-bond donors (Lipinski definition) is 1. The summed E-state index contributed by atoms with van der Waals surface area (Å²) in [5.74, 6) is -0.981. The van der Waals surface area contributed by atoms with Gasteiger partial charge in [-0.2, -0.15) is 4.39 Å². The monoisotopic (exact) mass is 309 g/mol. The van der Waals surface area contributed by atoms with Crippen LogP contribution < -0.4 is 10.6 Å².